The number of aromatic amines is 1. The van der Waals surface area contributed by atoms with Gasteiger partial charge in [-0.05, 0) is 19.1 Å². The predicted molar refractivity (Wildman–Crippen MR) is 62.4 cm³/mol. The number of imidazole rings is 1. The van der Waals surface area contributed by atoms with Crippen molar-refractivity contribution < 1.29 is 4.79 Å². The molecule has 5 heteroatoms. The maximum Gasteiger partial charge on any atom is 0.276 e. The Morgan fingerprint density at radius 1 is 1.47 bits per heavy atom. The SMILES string of the molecule is Cc1[nH]cnc1C(=O)Nc1ccccc1C#N. The summed E-state index contributed by atoms with van der Waals surface area (Å²) in [6.45, 7) is 1.76. The minimum Gasteiger partial charge on any atom is -0.348 e. The van der Waals surface area contributed by atoms with Crippen LogP contribution in [0.25, 0.3) is 0 Å². The molecule has 0 bridgehead atoms. The third kappa shape index (κ3) is 2.16. The van der Waals surface area contributed by atoms with Crippen molar-refractivity contribution >= 4 is 11.6 Å². The molecule has 0 aliphatic heterocycles. The minimum atomic E-state index is -0.327. The van der Waals surface area contributed by atoms with Crippen molar-refractivity contribution in [3.05, 3.63) is 47.5 Å². The molecule has 0 fully saturated rings. The van der Waals surface area contributed by atoms with Crippen LogP contribution in [0.15, 0.2) is 30.6 Å². The topological polar surface area (TPSA) is 81.6 Å². The maximum atomic E-state index is 11.9. The van der Waals surface area contributed by atoms with E-state index in [0.717, 1.165) is 0 Å². The Morgan fingerprint density at radius 3 is 2.88 bits per heavy atom. The molecule has 0 saturated heterocycles. The fourth-order valence-electron chi connectivity index (χ4n) is 1.46. The summed E-state index contributed by atoms with van der Waals surface area (Å²) in [6.07, 6.45) is 1.46. The van der Waals surface area contributed by atoms with Crippen molar-refractivity contribution in [3.8, 4) is 6.07 Å². The quantitative estimate of drug-likeness (QED) is 0.819. The van der Waals surface area contributed by atoms with E-state index in [1.165, 1.54) is 6.33 Å². The smallest absolute Gasteiger partial charge is 0.276 e. The van der Waals surface area contributed by atoms with Crippen LogP contribution in [0.5, 0.6) is 0 Å². The van der Waals surface area contributed by atoms with Gasteiger partial charge in [0.25, 0.3) is 5.91 Å². The van der Waals surface area contributed by atoms with Crippen molar-refractivity contribution in [3.63, 3.8) is 0 Å². The molecule has 0 saturated carbocycles. The third-order valence-electron chi connectivity index (χ3n) is 2.34. The highest BCUT2D eigenvalue weighted by molar-refractivity contribution is 6.04. The number of amides is 1. The lowest BCUT2D eigenvalue weighted by Gasteiger charge is -2.05. The zero-order chi connectivity index (χ0) is 12.3. The van der Waals surface area contributed by atoms with E-state index in [4.69, 9.17) is 5.26 Å². The Bertz CT molecular complexity index is 595. The van der Waals surface area contributed by atoms with Gasteiger partial charge < -0.3 is 10.3 Å². The van der Waals surface area contributed by atoms with Gasteiger partial charge in [0.15, 0.2) is 0 Å². The summed E-state index contributed by atoms with van der Waals surface area (Å²) in [4.78, 5) is 18.6. The second-order valence-corrected chi connectivity index (χ2v) is 3.49. The number of para-hydroxylation sites is 1. The van der Waals surface area contributed by atoms with Gasteiger partial charge in [-0.25, -0.2) is 4.98 Å². The number of carbonyl (C=O) groups is 1. The summed E-state index contributed by atoms with van der Waals surface area (Å²) in [5.74, 6) is -0.327. The number of hydrogen-bond acceptors (Lipinski definition) is 3. The van der Waals surface area contributed by atoms with Crippen LogP contribution < -0.4 is 5.32 Å². The number of aromatic nitrogens is 2. The number of aryl methyl sites for hydroxylation is 1. The number of benzene rings is 1. The monoisotopic (exact) mass is 226 g/mol. The molecule has 17 heavy (non-hydrogen) atoms. The van der Waals surface area contributed by atoms with Crippen LogP contribution in [0, 0.1) is 18.3 Å². The first-order chi connectivity index (χ1) is 8.22. The summed E-state index contributed by atoms with van der Waals surface area (Å²) >= 11 is 0. The lowest BCUT2D eigenvalue weighted by molar-refractivity contribution is 0.102. The van der Waals surface area contributed by atoms with Gasteiger partial charge >= 0.3 is 0 Å². The minimum absolute atomic E-state index is 0.327. The molecule has 0 radical (unpaired) electrons. The highest BCUT2D eigenvalue weighted by Gasteiger charge is 2.13. The first-order valence-electron chi connectivity index (χ1n) is 5.03. The van der Waals surface area contributed by atoms with Crippen LogP contribution in [0.1, 0.15) is 21.7 Å². The summed E-state index contributed by atoms with van der Waals surface area (Å²) < 4.78 is 0. The Kier molecular flexibility index (Phi) is 2.88. The number of carbonyl (C=O) groups excluding carboxylic acids is 1. The van der Waals surface area contributed by atoms with Gasteiger partial charge in [0.2, 0.25) is 0 Å². The normalized spacial score (nSPS) is 9.65. The van der Waals surface area contributed by atoms with Crippen LogP contribution in [0.3, 0.4) is 0 Å². The van der Waals surface area contributed by atoms with E-state index >= 15 is 0 Å². The van der Waals surface area contributed by atoms with E-state index in [0.29, 0.717) is 22.6 Å². The van der Waals surface area contributed by atoms with Crippen molar-refractivity contribution in [1.82, 2.24) is 9.97 Å². The molecule has 1 heterocycles. The standard InChI is InChI=1S/C12H10N4O/c1-8-11(15-7-14-8)12(17)16-10-5-3-2-4-9(10)6-13/h2-5,7H,1H3,(H,14,15)(H,16,17). The zero-order valence-corrected chi connectivity index (χ0v) is 9.19. The molecule has 0 aliphatic carbocycles. The fraction of sp³-hybridized carbons (Fsp3) is 0.0833. The lowest BCUT2D eigenvalue weighted by atomic mass is 10.2. The van der Waals surface area contributed by atoms with Crippen molar-refractivity contribution in [2.45, 2.75) is 6.92 Å². The average molecular weight is 226 g/mol. The molecule has 1 aromatic carbocycles. The van der Waals surface area contributed by atoms with Gasteiger partial charge in [-0.15, -0.1) is 0 Å². The summed E-state index contributed by atoms with van der Waals surface area (Å²) in [7, 11) is 0. The molecule has 2 rings (SSSR count). The number of rotatable bonds is 2. The lowest BCUT2D eigenvalue weighted by Crippen LogP contribution is -2.14. The van der Waals surface area contributed by atoms with Crippen molar-refractivity contribution in [2.75, 3.05) is 5.32 Å². The molecular formula is C12H10N4O. The highest BCUT2D eigenvalue weighted by Crippen LogP contribution is 2.15. The van der Waals surface area contributed by atoms with E-state index in [2.05, 4.69) is 15.3 Å². The Morgan fingerprint density at radius 2 is 2.24 bits per heavy atom. The Labute approximate surface area is 98.1 Å². The first-order valence-corrected chi connectivity index (χ1v) is 5.03. The molecule has 0 aliphatic rings. The van der Waals surface area contributed by atoms with Crippen LogP contribution in [-0.4, -0.2) is 15.9 Å². The summed E-state index contributed by atoms with van der Waals surface area (Å²) in [5.41, 5.74) is 1.94. The second kappa shape index (κ2) is 4.49. The van der Waals surface area contributed by atoms with E-state index in [9.17, 15) is 4.79 Å². The number of anilines is 1. The van der Waals surface area contributed by atoms with Gasteiger partial charge in [-0.1, -0.05) is 12.1 Å². The van der Waals surface area contributed by atoms with Crippen molar-refractivity contribution in [1.29, 1.82) is 5.26 Å². The molecule has 0 unspecified atom stereocenters. The average Bonchev–Trinajstić information content (AvgIpc) is 2.76. The fourth-order valence-corrected chi connectivity index (χ4v) is 1.46. The molecule has 1 amide bonds. The van der Waals surface area contributed by atoms with E-state index in [-0.39, 0.29) is 5.91 Å². The highest BCUT2D eigenvalue weighted by atomic mass is 16.1. The number of H-pyrrole nitrogens is 1. The molecule has 5 nitrogen and oxygen atoms in total. The number of nitrogens with one attached hydrogen (secondary N) is 2. The number of nitriles is 1. The zero-order valence-electron chi connectivity index (χ0n) is 9.19. The maximum absolute atomic E-state index is 11.9. The van der Waals surface area contributed by atoms with Crippen LogP contribution in [0.4, 0.5) is 5.69 Å². The first kappa shape index (κ1) is 10.9. The van der Waals surface area contributed by atoms with Crippen LogP contribution in [-0.2, 0) is 0 Å². The van der Waals surface area contributed by atoms with Gasteiger partial charge in [-0.3, -0.25) is 4.79 Å². The molecule has 1 aromatic heterocycles. The Balaban J connectivity index is 2.26. The van der Waals surface area contributed by atoms with E-state index < -0.39 is 0 Å². The summed E-state index contributed by atoms with van der Waals surface area (Å²) in [5, 5.41) is 11.6. The summed E-state index contributed by atoms with van der Waals surface area (Å²) in [6, 6.07) is 8.84. The second-order valence-electron chi connectivity index (χ2n) is 3.49. The third-order valence-corrected chi connectivity index (χ3v) is 2.34. The molecule has 0 spiro atoms. The Hall–Kier alpha value is -2.61. The van der Waals surface area contributed by atoms with Gasteiger partial charge in [0.1, 0.15) is 11.8 Å². The molecule has 2 aromatic rings. The molecular weight excluding hydrogens is 216 g/mol. The van der Waals surface area contributed by atoms with Gasteiger partial charge in [0, 0.05) is 5.69 Å². The van der Waals surface area contributed by atoms with Gasteiger partial charge in [0.05, 0.1) is 17.6 Å². The van der Waals surface area contributed by atoms with E-state index in [1.807, 2.05) is 6.07 Å². The van der Waals surface area contributed by atoms with Crippen LogP contribution >= 0.6 is 0 Å². The van der Waals surface area contributed by atoms with Crippen LogP contribution in [0.2, 0.25) is 0 Å². The van der Waals surface area contributed by atoms with Crippen molar-refractivity contribution in [2.24, 2.45) is 0 Å². The molecule has 2 N–H and O–H groups in total. The number of hydrogen-bond donors (Lipinski definition) is 2. The molecule has 84 valence electrons. The molecule has 0 atom stereocenters. The predicted octanol–water partition coefficient (Wildman–Crippen LogP) is 1.84. The van der Waals surface area contributed by atoms with Gasteiger partial charge in [-0.2, -0.15) is 5.26 Å². The van der Waals surface area contributed by atoms with E-state index in [1.54, 1.807) is 31.2 Å². The number of nitrogens with zero attached hydrogens (tertiary/aromatic N) is 2. The largest absolute Gasteiger partial charge is 0.348 e.